The molecule has 178 valence electrons. The van der Waals surface area contributed by atoms with Gasteiger partial charge >= 0.3 is 0 Å². The zero-order valence-electron chi connectivity index (χ0n) is 18.9. The van der Waals surface area contributed by atoms with Crippen molar-refractivity contribution in [3.8, 4) is 0 Å². The quantitative estimate of drug-likeness (QED) is 0.380. The number of amides is 2. The molecule has 1 atom stereocenters. The second kappa shape index (κ2) is 12.5. The van der Waals surface area contributed by atoms with Crippen molar-refractivity contribution in [2.24, 2.45) is 0 Å². The molecular weight excluding hydrogens is 474 g/mol. The number of hydrogen-bond donors (Lipinski definition) is 1. The van der Waals surface area contributed by atoms with E-state index in [0.717, 1.165) is 12.0 Å². The van der Waals surface area contributed by atoms with E-state index in [1.165, 1.54) is 17.0 Å². The number of benzene rings is 3. The van der Waals surface area contributed by atoms with Crippen molar-refractivity contribution >= 4 is 35.0 Å². The summed E-state index contributed by atoms with van der Waals surface area (Å²) in [6.45, 7) is 2.54. The van der Waals surface area contributed by atoms with Crippen LogP contribution in [0.3, 0.4) is 0 Å². The Morgan fingerprint density at radius 2 is 1.62 bits per heavy atom. The molecule has 7 heteroatoms. The van der Waals surface area contributed by atoms with Gasteiger partial charge < -0.3 is 10.2 Å². The van der Waals surface area contributed by atoms with E-state index in [9.17, 15) is 14.0 Å². The highest BCUT2D eigenvalue weighted by molar-refractivity contribution is 6.31. The predicted octanol–water partition coefficient (Wildman–Crippen LogP) is 5.84. The normalized spacial score (nSPS) is 11.6. The van der Waals surface area contributed by atoms with E-state index in [0.29, 0.717) is 23.6 Å². The molecule has 3 aromatic carbocycles. The summed E-state index contributed by atoms with van der Waals surface area (Å²) >= 11 is 12.6. The second-order valence-corrected chi connectivity index (χ2v) is 8.80. The Morgan fingerprint density at radius 3 is 2.29 bits per heavy atom. The van der Waals surface area contributed by atoms with Gasteiger partial charge in [-0.1, -0.05) is 84.7 Å². The van der Waals surface area contributed by atoms with Crippen LogP contribution in [0, 0.1) is 5.82 Å². The highest BCUT2D eigenvalue weighted by Crippen LogP contribution is 2.24. The van der Waals surface area contributed by atoms with Crippen LogP contribution >= 0.6 is 23.2 Å². The van der Waals surface area contributed by atoms with E-state index in [1.54, 1.807) is 18.2 Å². The van der Waals surface area contributed by atoms with E-state index >= 15 is 0 Å². The molecule has 0 aliphatic carbocycles. The summed E-state index contributed by atoms with van der Waals surface area (Å²) in [7, 11) is 0. The van der Waals surface area contributed by atoms with Crippen molar-refractivity contribution < 1.29 is 14.0 Å². The highest BCUT2D eigenvalue weighted by atomic mass is 35.5. The third kappa shape index (κ3) is 6.81. The Bertz CT molecular complexity index is 1100. The maximum Gasteiger partial charge on any atom is 0.243 e. The summed E-state index contributed by atoms with van der Waals surface area (Å²) in [6, 6.07) is 20.1. The fourth-order valence-corrected chi connectivity index (χ4v) is 4.11. The summed E-state index contributed by atoms with van der Waals surface area (Å²) in [5.74, 6) is -1.25. The summed E-state index contributed by atoms with van der Waals surface area (Å²) in [5, 5.41) is 3.56. The zero-order chi connectivity index (χ0) is 24.5. The first-order chi connectivity index (χ1) is 16.4. The predicted molar refractivity (Wildman–Crippen MR) is 134 cm³/mol. The number of carbonyl (C=O) groups excluding carboxylic acids is 2. The van der Waals surface area contributed by atoms with E-state index < -0.39 is 17.8 Å². The van der Waals surface area contributed by atoms with E-state index in [2.05, 4.69) is 5.32 Å². The second-order valence-electron chi connectivity index (χ2n) is 7.99. The molecule has 34 heavy (non-hydrogen) atoms. The fraction of sp³-hybridized carbons (Fsp3) is 0.259. The van der Waals surface area contributed by atoms with Crippen molar-refractivity contribution in [1.82, 2.24) is 10.2 Å². The summed E-state index contributed by atoms with van der Waals surface area (Å²) in [5.41, 5.74) is 1.70. The van der Waals surface area contributed by atoms with Crippen molar-refractivity contribution in [2.75, 3.05) is 6.54 Å². The average molecular weight is 501 g/mol. The van der Waals surface area contributed by atoms with Crippen LogP contribution in [0.2, 0.25) is 10.0 Å². The van der Waals surface area contributed by atoms with Crippen molar-refractivity contribution in [2.45, 2.75) is 38.8 Å². The number of rotatable bonds is 10. The largest absolute Gasteiger partial charge is 0.354 e. The molecule has 3 rings (SSSR count). The first-order valence-corrected chi connectivity index (χ1v) is 11.9. The highest BCUT2D eigenvalue weighted by Gasteiger charge is 2.31. The Hall–Kier alpha value is -2.89. The van der Waals surface area contributed by atoms with Crippen molar-refractivity contribution in [3.63, 3.8) is 0 Å². The van der Waals surface area contributed by atoms with Crippen LogP contribution in [0.5, 0.6) is 0 Å². The monoisotopic (exact) mass is 500 g/mol. The Kier molecular flexibility index (Phi) is 9.49. The third-order valence-corrected chi connectivity index (χ3v) is 6.23. The lowest BCUT2D eigenvalue weighted by molar-refractivity contribution is -0.140. The van der Waals surface area contributed by atoms with Gasteiger partial charge in [-0.3, -0.25) is 9.59 Å². The van der Waals surface area contributed by atoms with E-state index in [-0.39, 0.29) is 29.5 Å². The lowest BCUT2D eigenvalue weighted by atomic mass is 10.0. The van der Waals surface area contributed by atoms with Gasteiger partial charge in [0.15, 0.2) is 0 Å². The number of carbonyl (C=O) groups is 2. The van der Waals surface area contributed by atoms with Crippen LogP contribution in [-0.2, 0) is 29.0 Å². The minimum atomic E-state index is -0.816. The molecule has 4 nitrogen and oxygen atoms in total. The van der Waals surface area contributed by atoms with Gasteiger partial charge in [0.05, 0.1) is 6.42 Å². The number of nitrogens with zero attached hydrogens (tertiary/aromatic N) is 1. The van der Waals surface area contributed by atoms with Crippen LogP contribution in [0.1, 0.15) is 30.0 Å². The third-order valence-electron chi connectivity index (χ3n) is 5.51. The standard InChI is InChI=1S/C27H27Cl2FN2O2/c1-2-15-31-27(34)25(16-19-9-4-3-5-10-19)32(18-20-11-6-7-12-22(20)28)26(33)17-21-23(29)13-8-14-24(21)30/h3-14,25H,2,15-18H2,1H3,(H,31,34)/t25-/m0/s1. The SMILES string of the molecule is CCCNC(=O)[C@H](Cc1ccccc1)N(Cc1ccccc1Cl)C(=O)Cc1c(F)cccc1Cl. The molecule has 3 aromatic rings. The van der Waals surface area contributed by atoms with Gasteiger partial charge in [-0.05, 0) is 35.7 Å². The number of halogens is 3. The number of nitrogens with one attached hydrogen (secondary N) is 1. The maximum absolute atomic E-state index is 14.5. The summed E-state index contributed by atoms with van der Waals surface area (Å²) in [4.78, 5) is 28.4. The van der Waals surface area contributed by atoms with Gasteiger partial charge in [-0.15, -0.1) is 0 Å². The Morgan fingerprint density at radius 1 is 0.941 bits per heavy atom. The number of hydrogen-bond acceptors (Lipinski definition) is 2. The van der Waals surface area contributed by atoms with Crippen molar-refractivity contribution in [3.05, 3.63) is 105 Å². The molecular formula is C27H27Cl2FN2O2. The maximum atomic E-state index is 14.5. The molecule has 0 fully saturated rings. The summed E-state index contributed by atoms with van der Waals surface area (Å²) < 4.78 is 14.5. The Labute approximate surface area is 209 Å². The molecule has 1 N–H and O–H groups in total. The fourth-order valence-electron chi connectivity index (χ4n) is 3.68. The van der Waals surface area contributed by atoms with E-state index in [4.69, 9.17) is 23.2 Å². The minimum Gasteiger partial charge on any atom is -0.354 e. The van der Waals surface area contributed by atoms with Gasteiger partial charge in [0, 0.05) is 35.1 Å². The average Bonchev–Trinajstić information content (AvgIpc) is 2.83. The molecule has 0 aliphatic rings. The van der Waals surface area contributed by atoms with Crippen LogP contribution in [0.15, 0.2) is 72.8 Å². The first-order valence-electron chi connectivity index (χ1n) is 11.2. The molecule has 0 saturated heterocycles. The van der Waals surface area contributed by atoms with Crippen LogP contribution in [-0.4, -0.2) is 29.3 Å². The van der Waals surface area contributed by atoms with Crippen LogP contribution < -0.4 is 5.32 Å². The molecule has 0 unspecified atom stereocenters. The van der Waals surface area contributed by atoms with Gasteiger partial charge in [0.2, 0.25) is 11.8 Å². The van der Waals surface area contributed by atoms with Crippen molar-refractivity contribution in [1.29, 1.82) is 0 Å². The lowest BCUT2D eigenvalue weighted by Gasteiger charge is -2.32. The van der Waals surface area contributed by atoms with Gasteiger partial charge in [-0.25, -0.2) is 4.39 Å². The van der Waals surface area contributed by atoms with Gasteiger partial charge in [-0.2, -0.15) is 0 Å². The molecule has 0 saturated carbocycles. The molecule has 0 radical (unpaired) electrons. The zero-order valence-corrected chi connectivity index (χ0v) is 20.5. The topological polar surface area (TPSA) is 49.4 Å². The molecule has 0 aliphatic heterocycles. The lowest BCUT2D eigenvalue weighted by Crippen LogP contribution is -2.51. The molecule has 0 spiro atoms. The van der Waals surface area contributed by atoms with E-state index in [1.807, 2.05) is 49.4 Å². The minimum absolute atomic E-state index is 0.0988. The molecule has 0 aromatic heterocycles. The van der Waals surface area contributed by atoms with Crippen LogP contribution in [0.25, 0.3) is 0 Å². The van der Waals surface area contributed by atoms with Gasteiger partial charge in [0.1, 0.15) is 11.9 Å². The van der Waals surface area contributed by atoms with Gasteiger partial charge in [0.25, 0.3) is 0 Å². The summed E-state index contributed by atoms with van der Waals surface area (Å²) in [6.07, 6.45) is 0.785. The first kappa shape index (κ1) is 25.7. The smallest absolute Gasteiger partial charge is 0.243 e. The Balaban J connectivity index is 2.00. The molecule has 2 amide bonds. The van der Waals surface area contributed by atoms with Crippen LogP contribution in [0.4, 0.5) is 4.39 Å². The molecule has 0 heterocycles. The molecule has 0 bridgehead atoms.